The molecule has 4 rings (SSSR count). The molecule has 3 aromatic rings. The fraction of sp³-hybridized carbons (Fsp3) is 0.300. The maximum atomic E-state index is 12.5. The van der Waals surface area contributed by atoms with E-state index in [0.717, 1.165) is 48.9 Å². The number of nitrogens with zero attached hydrogens (tertiary/aromatic N) is 2. The quantitative estimate of drug-likeness (QED) is 0.726. The Morgan fingerprint density at radius 1 is 1.26 bits per heavy atom. The number of nitrogens with one attached hydrogen (secondary N) is 1. The van der Waals surface area contributed by atoms with Gasteiger partial charge < -0.3 is 9.15 Å². The van der Waals surface area contributed by atoms with Crippen molar-refractivity contribution in [3.8, 4) is 11.3 Å². The Morgan fingerprint density at radius 2 is 2.11 bits per heavy atom. The van der Waals surface area contributed by atoms with Crippen LogP contribution in [0.25, 0.3) is 11.3 Å². The Labute approximate surface area is 161 Å². The van der Waals surface area contributed by atoms with Crippen LogP contribution in [0.1, 0.15) is 21.0 Å². The number of thiazole rings is 1. The summed E-state index contributed by atoms with van der Waals surface area (Å²) in [5.41, 5.74) is 2.10. The van der Waals surface area contributed by atoms with Gasteiger partial charge in [0.15, 0.2) is 10.9 Å². The lowest BCUT2D eigenvalue weighted by Crippen LogP contribution is -2.35. The van der Waals surface area contributed by atoms with Gasteiger partial charge in [-0.15, -0.1) is 11.3 Å². The molecule has 1 aliphatic heterocycles. The van der Waals surface area contributed by atoms with E-state index in [1.54, 1.807) is 6.07 Å². The summed E-state index contributed by atoms with van der Waals surface area (Å²) in [7, 11) is 0. The first kappa shape index (κ1) is 17.9. The van der Waals surface area contributed by atoms with Crippen LogP contribution in [0.5, 0.6) is 0 Å². The van der Waals surface area contributed by atoms with E-state index in [1.165, 1.54) is 11.3 Å². The first-order valence-electron chi connectivity index (χ1n) is 8.90. The van der Waals surface area contributed by atoms with Gasteiger partial charge in [0.1, 0.15) is 5.76 Å². The van der Waals surface area contributed by atoms with Crippen molar-refractivity contribution in [2.75, 3.05) is 31.6 Å². The third-order valence-corrected chi connectivity index (χ3v) is 5.29. The first-order chi connectivity index (χ1) is 13.2. The molecular weight excluding hydrogens is 362 g/mol. The number of hydrogen-bond donors (Lipinski definition) is 1. The number of carbonyl (C=O) groups excluding carboxylic acids is 1. The van der Waals surface area contributed by atoms with Gasteiger partial charge in [0.2, 0.25) is 0 Å². The number of benzene rings is 1. The number of furan rings is 1. The Morgan fingerprint density at radius 3 is 2.93 bits per heavy atom. The summed E-state index contributed by atoms with van der Waals surface area (Å²) < 4.78 is 11.1. The van der Waals surface area contributed by atoms with Crippen LogP contribution >= 0.6 is 11.3 Å². The predicted octanol–water partition coefficient (Wildman–Crippen LogP) is 3.80. The molecule has 6 nitrogen and oxygen atoms in total. The number of rotatable bonds is 5. The predicted molar refractivity (Wildman–Crippen MR) is 105 cm³/mol. The number of anilines is 1. The highest BCUT2D eigenvalue weighted by atomic mass is 32.1. The molecule has 7 heteroatoms. The molecule has 0 unspecified atom stereocenters. The summed E-state index contributed by atoms with van der Waals surface area (Å²) in [6.45, 7) is 6.24. The van der Waals surface area contributed by atoms with Gasteiger partial charge in [-0.05, 0) is 25.1 Å². The van der Waals surface area contributed by atoms with Crippen LogP contribution in [0.4, 0.5) is 5.13 Å². The van der Waals surface area contributed by atoms with Crippen molar-refractivity contribution in [1.82, 2.24) is 9.88 Å². The maximum Gasteiger partial charge on any atom is 0.293 e. The van der Waals surface area contributed by atoms with Crippen LogP contribution in [-0.2, 0) is 11.3 Å². The summed E-state index contributed by atoms with van der Waals surface area (Å²) in [5.74, 6) is 0.661. The Bertz CT molecular complexity index is 928. The maximum absolute atomic E-state index is 12.5. The summed E-state index contributed by atoms with van der Waals surface area (Å²) in [6.07, 6.45) is 1.82. The van der Waals surface area contributed by atoms with Gasteiger partial charge in [0, 0.05) is 36.3 Å². The molecule has 1 aromatic carbocycles. The van der Waals surface area contributed by atoms with E-state index in [4.69, 9.17) is 9.15 Å². The van der Waals surface area contributed by atoms with Crippen LogP contribution in [-0.4, -0.2) is 42.1 Å². The molecule has 3 heterocycles. The van der Waals surface area contributed by atoms with E-state index in [1.807, 2.05) is 43.5 Å². The van der Waals surface area contributed by atoms with Crippen LogP contribution in [0, 0.1) is 6.92 Å². The molecule has 0 bridgehead atoms. The van der Waals surface area contributed by atoms with Crippen molar-refractivity contribution in [2.24, 2.45) is 0 Å². The van der Waals surface area contributed by atoms with E-state index in [9.17, 15) is 4.79 Å². The molecule has 140 valence electrons. The molecular formula is C20H21N3O3S. The summed E-state index contributed by atoms with van der Waals surface area (Å²) >= 11 is 1.49. The van der Waals surface area contributed by atoms with Gasteiger partial charge in [-0.25, -0.2) is 4.98 Å². The lowest BCUT2D eigenvalue weighted by atomic mass is 10.1. The zero-order chi connectivity index (χ0) is 18.6. The number of amides is 1. The second-order valence-corrected chi connectivity index (χ2v) is 7.62. The molecule has 0 saturated carbocycles. The molecule has 1 saturated heterocycles. The van der Waals surface area contributed by atoms with E-state index in [2.05, 4.69) is 15.2 Å². The van der Waals surface area contributed by atoms with Crippen molar-refractivity contribution < 1.29 is 13.9 Å². The number of aryl methyl sites for hydroxylation is 1. The summed E-state index contributed by atoms with van der Waals surface area (Å²) in [4.78, 5) is 20.2. The minimum absolute atomic E-state index is 0.274. The molecule has 0 radical (unpaired) electrons. The summed E-state index contributed by atoms with van der Waals surface area (Å²) in [5, 5.41) is 3.40. The fourth-order valence-electron chi connectivity index (χ4n) is 2.99. The lowest BCUT2D eigenvalue weighted by Gasteiger charge is -2.25. The van der Waals surface area contributed by atoms with E-state index in [0.29, 0.717) is 10.9 Å². The number of ether oxygens (including phenoxy) is 1. The zero-order valence-electron chi connectivity index (χ0n) is 15.1. The van der Waals surface area contributed by atoms with Crippen molar-refractivity contribution in [2.45, 2.75) is 13.5 Å². The standard InChI is InChI=1S/C20H21N3O3S/c1-14-3-2-4-15(11-14)17-5-6-18(26-17)19(24)22-20-21-12-16(27-20)13-23-7-9-25-10-8-23/h2-6,11-12H,7-10,13H2,1H3,(H,21,22,24). The summed E-state index contributed by atoms with van der Waals surface area (Å²) in [6, 6.07) is 11.5. The molecule has 0 atom stereocenters. The van der Waals surface area contributed by atoms with Crippen LogP contribution < -0.4 is 5.32 Å². The third kappa shape index (κ3) is 4.44. The highest BCUT2D eigenvalue weighted by Crippen LogP contribution is 2.25. The molecule has 0 spiro atoms. The molecule has 1 N–H and O–H groups in total. The van der Waals surface area contributed by atoms with Gasteiger partial charge >= 0.3 is 0 Å². The number of aromatic nitrogens is 1. The topological polar surface area (TPSA) is 67.6 Å². The number of carbonyl (C=O) groups is 1. The zero-order valence-corrected chi connectivity index (χ0v) is 15.9. The van der Waals surface area contributed by atoms with Crippen molar-refractivity contribution in [1.29, 1.82) is 0 Å². The largest absolute Gasteiger partial charge is 0.451 e. The van der Waals surface area contributed by atoms with Crippen molar-refractivity contribution in [3.05, 3.63) is 58.8 Å². The molecule has 2 aromatic heterocycles. The fourth-order valence-corrected chi connectivity index (χ4v) is 3.84. The molecule has 1 aliphatic rings. The second-order valence-electron chi connectivity index (χ2n) is 6.51. The second kappa shape index (κ2) is 8.04. The molecule has 0 aliphatic carbocycles. The van der Waals surface area contributed by atoms with Gasteiger partial charge in [0.25, 0.3) is 5.91 Å². The van der Waals surface area contributed by atoms with Gasteiger partial charge in [-0.1, -0.05) is 23.8 Å². The Hall–Kier alpha value is -2.48. The minimum atomic E-state index is -0.291. The van der Waals surface area contributed by atoms with Crippen LogP contribution in [0.2, 0.25) is 0 Å². The number of hydrogen-bond acceptors (Lipinski definition) is 6. The van der Waals surface area contributed by atoms with Crippen LogP contribution in [0.3, 0.4) is 0 Å². The van der Waals surface area contributed by atoms with E-state index < -0.39 is 0 Å². The number of morpholine rings is 1. The van der Waals surface area contributed by atoms with E-state index >= 15 is 0 Å². The first-order valence-corrected chi connectivity index (χ1v) is 9.72. The van der Waals surface area contributed by atoms with Gasteiger partial charge in [0.05, 0.1) is 13.2 Å². The lowest BCUT2D eigenvalue weighted by molar-refractivity contribution is 0.0346. The molecule has 1 amide bonds. The minimum Gasteiger partial charge on any atom is -0.451 e. The third-order valence-electron chi connectivity index (χ3n) is 4.39. The Balaban J connectivity index is 1.39. The highest BCUT2D eigenvalue weighted by Gasteiger charge is 2.16. The van der Waals surface area contributed by atoms with Crippen molar-refractivity contribution in [3.63, 3.8) is 0 Å². The average molecular weight is 383 g/mol. The highest BCUT2D eigenvalue weighted by molar-refractivity contribution is 7.15. The molecule has 1 fully saturated rings. The SMILES string of the molecule is Cc1cccc(-c2ccc(C(=O)Nc3ncc(CN4CCOCC4)s3)o2)c1. The van der Waals surface area contributed by atoms with E-state index in [-0.39, 0.29) is 11.7 Å². The smallest absolute Gasteiger partial charge is 0.293 e. The average Bonchev–Trinajstić information content (AvgIpc) is 3.32. The molecule has 27 heavy (non-hydrogen) atoms. The van der Waals surface area contributed by atoms with Gasteiger partial charge in [-0.2, -0.15) is 0 Å². The van der Waals surface area contributed by atoms with Gasteiger partial charge in [-0.3, -0.25) is 15.0 Å². The van der Waals surface area contributed by atoms with Crippen molar-refractivity contribution >= 4 is 22.4 Å². The van der Waals surface area contributed by atoms with Crippen LogP contribution in [0.15, 0.2) is 47.0 Å². The normalized spacial score (nSPS) is 15.0. The monoisotopic (exact) mass is 383 g/mol. The Kier molecular flexibility index (Phi) is 5.33.